The summed E-state index contributed by atoms with van der Waals surface area (Å²) in [5, 5.41) is 4.11. The van der Waals surface area contributed by atoms with Crippen LogP contribution in [0.4, 0.5) is 0 Å². The van der Waals surface area contributed by atoms with E-state index >= 15 is 0 Å². The van der Waals surface area contributed by atoms with Crippen LogP contribution in [0.25, 0.3) is 11.3 Å². The fourth-order valence-electron chi connectivity index (χ4n) is 3.67. The van der Waals surface area contributed by atoms with E-state index in [4.69, 9.17) is 4.98 Å². The molecule has 2 rings (SSSR count). The summed E-state index contributed by atoms with van der Waals surface area (Å²) in [6.07, 6.45) is 3.34. The Balaban J connectivity index is 2.59. The molecule has 0 aliphatic carbocycles. The molecule has 0 spiro atoms. The van der Waals surface area contributed by atoms with Crippen molar-refractivity contribution in [1.82, 2.24) is 4.98 Å². The predicted octanol–water partition coefficient (Wildman–Crippen LogP) is 5.66. The van der Waals surface area contributed by atoms with Gasteiger partial charge in [-0.3, -0.25) is 0 Å². The van der Waals surface area contributed by atoms with Crippen LogP contribution >= 0.6 is 0 Å². The number of nitrogens with zero attached hydrogens (tertiary/aromatic N) is 1. The molecule has 1 nitrogen and oxygen atoms in total. The molecule has 2 aromatic rings. The van der Waals surface area contributed by atoms with Gasteiger partial charge in [-0.25, -0.2) is 0 Å². The third-order valence-electron chi connectivity index (χ3n) is 5.29. The van der Waals surface area contributed by atoms with E-state index in [0.717, 1.165) is 12.1 Å². The zero-order valence-electron chi connectivity index (χ0n) is 15.4. The van der Waals surface area contributed by atoms with Crippen molar-refractivity contribution in [2.24, 2.45) is 5.92 Å². The molecule has 0 atom stereocenters. The van der Waals surface area contributed by atoms with Crippen LogP contribution in [-0.2, 0) is 6.42 Å². The predicted molar refractivity (Wildman–Crippen MR) is 105 cm³/mol. The molecule has 0 amide bonds. The van der Waals surface area contributed by atoms with Crippen LogP contribution in [-0.4, -0.2) is 18.3 Å². The molecule has 0 aliphatic heterocycles. The maximum absolute atomic E-state index is 4.81. The molecule has 0 N–H and O–H groups in total. The molecule has 1 heterocycles. The van der Waals surface area contributed by atoms with Gasteiger partial charge in [-0.2, -0.15) is 0 Å². The summed E-state index contributed by atoms with van der Waals surface area (Å²) >= 11 is -2.00. The minimum absolute atomic E-state index is 0.684. The van der Waals surface area contributed by atoms with E-state index in [2.05, 4.69) is 77.2 Å². The summed E-state index contributed by atoms with van der Waals surface area (Å²) in [6.45, 7) is 11.9. The van der Waals surface area contributed by atoms with E-state index in [1.165, 1.54) is 26.9 Å². The second kappa shape index (κ2) is 8.14. The van der Waals surface area contributed by atoms with Gasteiger partial charge in [-0.1, -0.05) is 0 Å². The number of hydrogen-bond donors (Lipinski definition) is 0. The molecule has 0 radical (unpaired) electrons. The fourth-order valence-corrected chi connectivity index (χ4v) is 11.9. The molecule has 0 saturated heterocycles. The summed E-state index contributed by atoms with van der Waals surface area (Å²) in [5.74, 6) is 0.684. The van der Waals surface area contributed by atoms with E-state index in [1.54, 1.807) is 4.40 Å². The van der Waals surface area contributed by atoms with Gasteiger partial charge in [-0.05, 0) is 0 Å². The van der Waals surface area contributed by atoms with Gasteiger partial charge in [-0.15, -0.1) is 0 Å². The summed E-state index contributed by atoms with van der Waals surface area (Å²) in [7, 11) is 0. The first-order valence-corrected chi connectivity index (χ1v) is 14.6. The van der Waals surface area contributed by atoms with Crippen LogP contribution in [0, 0.1) is 5.92 Å². The summed E-state index contributed by atoms with van der Waals surface area (Å²) < 4.78 is 1.71. The monoisotopic (exact) mass is 371 g/mol. The summed E-state index contributed by atoms with van der Waals surface area (Å²) in [5.41, 5.74) is 3.91. The Bertz CT molecular complexity index is 607. The number of pyridine rings is 1. The normalized spacial score (nSPS) is 11.9. The van der Waals surface area contributed by atoms with Gasteiger partial charge in [0.05, 0.1) is 0 Å². The molecule has 124 valence electrons. The van der Waals surface area contributed by atoms with Crippen molar-refractivity contribution in [1.29, 1.82) is 0 Å². The van der Waals surface area contributed by atoms with Crippen molar-refractivity contribution in [2.75, 3.05) is 0 Å². The van der Waals surface area contributed by atoms with Crippen LogP contribution < -0.4 is 4.40 Å². The minimum atomic E-state index is -2.00. The zero-order valence-corrected chi connectivity index (χ0v) is 17.5. The number of benzene rings is 1. The SMILES string of the molecule is C[CH2][Ge]([CH2]C)([CH2]C)[c]1cc(-c2ccccc2)ncc1CC(C)C. The van der Waals surface area contributed by atoms with Crippen LogP contribution in [0.3, 0.4) is 0 Å². The van der Waals surface area contributed by atoms with Crippen molar-refractivity contribution < 1.29 is 0 Å². The molecule has 0 bridgehead atoms. The van der Waals surface area contributed by atoms with E-state index in [9.17, 15) is 0 Å². The molecule has 1 aromatic carbocycles. The first kappa shape index (κ1) is 18.3. The van der Waals surface area contributed by atoms with Crippen molar-refractivity contribution in [3.05, 3.63) is 48.2 Å². The Morgan fingerprint density at radius 1 is 0.957 bits per heavy atom. The maximum atomic E-state index is 4.81. The van der Waals surface area contributed by atoms with E-state index in [1.807, 2.05) is 0 Å². The van der Waals surface area contributed by atoms with E-state index in [-0.39, 0.29) is 0 Å². The molecule has 0 fully saturated rings. The standard InChI is InChI=1S/C21H31GeN/c1-6-22(7-2,8-3)20-15-21(18-12-10-9-11-13-18)23-16-19(20)14-17(4)5/h9-13,15-17H,6-8,14H2,1-5H3. The Morgan fingerprint density at radius 2 is 1.57 bits per heavy atom. The van der Waals surface area contributed by atoms with Gasteiger partial charge in [0.25, 0.3) is 0 Å². The van der Waals surface area contributed by atoms with Gasteiger partial charge < -0.3 is 0 Å². The third-order valence-corrected chi connectivity index (χ3v) is 17.2. The van der Waals surface area contributed by atoms with Crippen molar-refractivity contribution in [2.45, 2.75) is 56.8 Å². The molecule has 0 saturated carbocycles. The van der Waals surface area contributed by atoms with E-state index in [0.29, 0.717) is 5.92 Å². The van der Waals surface area contributed by atoms with Gasteiger partial charge in [0.1, 0.15) is 0 Å². The average Bonchev–Trinajstić information content (AvgIpc) is 2.58. The number of hydrogen-bond acceptors (Lipinski definition) is 1. The van der Waals surface area contributed by atoms with Gasteiger partial charge >= 0.3 is 145 Å². The van der Waals surface area contributed by atoms with Crippen molar-refractivity contribution >= 4 is 17.7 Å². The number of rotatable bonds is 7. The Morgan fingerprint density at radius 3 is 2.09 bits per heavy atom. The van der Waals surface area contributed by atoms with Crippen LogP contribution in [0.1, 0.15) is 40.2 Å². The van der Waals surface area contributed by atoms with Crippen LogP contribution in [0.5, 0.6) is 0 Å². The fraction of sp³-hybridized carbons (Fsp3) is 0.476. The molecule has 1 aromatic heterocycles. The Kier molecular flexibility index (Phi) is 6.46. The first-order valence-electron chi connectivity index (χ1n) is 9.11. The van der Waals surface area contributed by atoms with Gasteiger partial charge in [0.2, 0.25) is 0 Å². The van der Waals surface area contributed by atoms with Gasteiger partial charge in [0, 0.05) is 0 Å². The second-order valence-corrected chi connectivity index (χ2v) is 18.0. The molecule has 0 unspecified atom stereocenters. The number of aromatic nitrogens is 1. The van der Waals surface area contributed by atoms with Crippen molar-refractivity contribution in [3.63, 3.8) is 0 Å². The van der Waals surface area contributed by atoms with Crippen molar-refractivity contribution in [3.8, 4) is 11.3 Å². The first-order chi connectivity index (χ1) is 11.1. The van der Waals surface area contributed by atoms with Crippen LogP contribution in [0.2, 0.25) is 15.8 Å². The average molecular weight is 370 g/mol. The molecular formula is C21H31GeN. The molecular weight excluding hydrogens is 339 g/mol. The summed E-state index contributed by atoms with van der Waals surface area (Å²) in [4.78, 5) is 4.81. The van der Waals surface area contributed by atoms with E-state index < -0.39 is 13.3 Å². The Labute approximate surface area is 144 Å². The second-order valence-electron chi connectivity index (χ2n) is 7.03. The Hall–Kier alpha value is -1.09. The molecule has 2 heteroatoms. The summed E-state index contributed by atoms with van der Waals surface area (Å²) in [6, 6.07) is 13.1. The third kappa shape index (κ3) is 4.06. The topological polar surface area (TPSA) is 12.9 Å². The van der Waals surface area contributed by atoms with Gasteiger partial charge in [0.15, 0.2) is 0 Å². The quantitative estimate of drug-likeness (QED) is 0.573. The molecule has 0 aliphatic rings. The zero-order chi connectivity index (χ0) is 16.9. The molecule has 23 heavy (non-hydrogen) atoms. The van der Waals surface area contributed by atoms with Crippen LogP contribution in [0.15, 0.2) is 42.6 Å².